The number of rotatable bonds is 0. The topological polar surface area (TPSA) is 75.8 Å². The van der Waals surface area contributed by atoms with Crippen LogP contribution in [0.15, 0.2) is 18.2 Å². The van der Waals surface area contributed by atoms with Crippen LogP contribution in [0.3, 0.4) is 0 Å². The molecule has 1 atom stereocenters. The Hall–Kier alpha value is -1.75. The molecule has 1 heterocycles. The molecule has 0 aliphatic carbocycles. The molecule has 0 aromatic heterocycles. The van der Waals surface area contributed by atoms with Crippen LogP contribution >= 0.6 is 0 Å². The van der Waals surface area contributed by atoms with Crippen LogP contribution in [0.5, 0.6) is 5.75 Å². The van der Waals surface area contributed by atoms with Gasteiger partial charge < -0.3 is 15.6 Å². The largest absolute Gasteiger partial charge is 0.508 e. The number of aromatic hydroxyl groups is 1. The van der Waals surface area contributed by atoms with Crippen LogP contribution < -0.4 is 10.6 Å². The van der Waals surface area contributed by atoms with Crippen molar-refractivity contribution in [2.45, 2.75) is 12.5 Å². The summed E-state index contributed by atoms with van der Waals surface area (Å²) in [5, 5.41) is 9.40. The van der Waals surface area contributed by atoms with Crippen molar-refractivity contribution in [1.29, 1.82) is 0 Å². The fraction of sp³-hybridized carbons (Fsp3) is 0.364. The summed E-state index contributed by atoms with van der Waals surface area (Å²) in [6.07, 6.45) is 0.254. The molecule has 1 amide bonds. The highest BCUT2D eigenvalue weighted by Crippen LogP contribution is 2.34. The quantitative estimate of drug-likeness (QED) is 0.695. The number of ether oxygens (including phenoxy) is 1. The van der Waals surface area contributed by atoms with Crippen molar-refractivity contribution in [1.82, 2.24) is 0 Å². The predicted octanol–water partition coefficient (Wildman–Crippen LogP) is 1.37. The van der Waals surface area contributed by atoms with Gasteiger partial charge in [-0.2, -0.15) is 0 Å². The summed E-state index contributed by atoms with van der Waals surface area (Å²) >= 11 is 0. The number of phenols is 1. The number of nitrogens with zero attached hydrogens (tertiary/aromatic N) is 1. The smallest absolute Gasteiger partial charge is 0.414 e. The molecular weight excluding hydrogens is 208 g/mol. The molecule has 1 aliphatic heterocycles. The molecular formula is C11H14N2O3. The number of hydrogen-bond donors (Lipinski definition) is 2. The van der Waals surface area contributed by atoms with Gasteiger partial charge >= 0.3 is 6.09 Å². The highest BCUT2D eigenvalue weighted by Gasteiger charge is 2.27. The molecule has 16 heavy (non-hydrogen) atoms. The minimum Gasteiger partial charge on any atom is -0.508 e. The normalized spacial score (nSPS) is 19.1. The van der Waals surface area contributed by atoms with Gasteiger partial charge in [0.05, 0.1) is 12.8 Å². The minimum absolute atomic E-state index is 0.150. The van der Waals surface area contributed by atoms with Gasteiger partial charge in [0, 0.05) is 12.6 Å². The van der Waals surface area contributed by atoms with Gasteiger partial charge in [-0.15, -0.1) is 0 Å². The van der Waals surface area contributed by atoms with Crippen molar-refractivity contribution in [2.24, 2.45) is 5.73 Å². The lowest BCUT2D eigenvalue weighted by Gasteiger charge is -2.31. The molecule has 0 fully saturated rings. The Labute approximate surface area is 93.4 Å². The average Bonchev–Trinajstić information content (AvgIpc) is 2.29. The number of nitrogens with two attached hydrogens (primary N) is 1. The summed E-state index contributed by atoms with van der Waals surface area (Å²) in [4.78, 5) is 13.0. The fourth-order valence-electron chi connectivity index (χ4n) is 1.93. The number of hydrogen-bond acceptors (Lipinski definition) is 4. The third-order valence-corrected chi connectivity index (χ3v) is 2.76. The van der Waals surface area contributed by atoms with Crippen molar-refractivity contribution in [3.05, 3.63) is 23.8 Å². The van der Waals surface area contributed by atoms with Crippen LogP contribution in [-0.4, -0.2) is 24.9 Å². The fourth-order valence-corrected chi connectivity index (χ4v) is 1.93. The number of benzene rings is 1. The maximum absolute atomic E-state index is 11.5. The summed E-state index contributed by atoms with van der Waals surface area (Å²) in [5.74, 6) is 0.154. The van der Waals surface area contributed by atoms with Crippen molar-refractivity contribution in [3.63, 3.8) is 0 Å². The van der Waals surface area contributed by atoms with Crippen LogP contribution in [0.1, 0.15) is 18.0 Å². The van der Waals surface area contributed by atoms with Crippen molar-refractivity contribution < 1.29 is 14.6 Å². The van der Waals surface area contributed by atoms with Crippen molar-refractivity contribution >= 4 is 11.8 Å². The standard InChI is InChI=1S/C11H14N2O3/c1-16-11(15)13-5-4-9(12)8-6-7(14)2-3-10(8)13/h2-3,6,9,14H,4-5,12H2,1H3. The molecule has 0 bridgehead atoms. The van der Waals surface area contributed by atoms with E-state index in [1.807, 2.05) is 0 Å². The van der Waals surface area contributed by atoms with Gasteiger partial charge in [-0.1, -0.05) is 0 Å². The van der Waals surface area contributed by atoms with Crippen LogP contribution in [0.4, 0.5) is 10.5 Å². The Balaban J connectivity index is 2.44. The molecule has 86 valence electrons. The number of fused-ring (bicyclic) bond motifs is 1. The number of methoxy groups -OCH3 is 1. The van der Waals surface area contributed by atoms with E-state index in [-0.39, 0.29) is 11.8 Å². The van der Waals surface area contributed by atoms with E-state index in [1.165, 1.54) is 18.1 Å². The lowest BCUT2D eigenvalue weighted by Crippen LogP contribution is -2.38. The Morgan fingerprint density at radius 2 is 2.38 bits per heavy atom. The molecule has 3 N–H and O–H groups in total. The SMILES string of the molecule is COC(=O)N1CCC(N)c2cc(O)ccc21. The van der Waals surface area contributed by atoms with E-state index in [4.69, 9.17) is 10.5 Å². The highest BCUT2D eigenvalue weighted by molar-refractivity contribution is 5.89. The van der Waals surface area contributed by atoms with Crippen molar-refractivity contribution in [2.75, 3.05) is 18.6 Å². The van der Waals surface area contributed by atoms with Gasteiger partial charge in [-0.25, -0.2) is 4.79 Å². The summed E-state index contributed by atoms with van der Waals surface area (Å²) in [6.45, 7) is 0.533. The second-order valence-corrected chi connectivity index (χ2v) is 3.76. The molecule has 1 aliphatic rings. The average molecular weight is 222 g/mol. The van der Waals surface area contributed by atoms with E-state index in [9.17, 15) is 9.90 Å². The number of amides is 1. The van der Waals surface area contributed by atoms with E-state index in [0.29, 0.717) is 18.7 Å². The zero-order valence-electron chi connectivity index (χ0n) is 9.01. The van der Waals surface area contributed by atoms with Crippen LogP contribution in [0.2, 0.25) is 0 Å². The van der Waals surface area contributed by atoms with Crippen LogP contribution in [0.25, 0.3) is 0 Å². The lowest BCUT2D eigenvalue weighted by atomic mass is 9.97. The third-order valence-electron chi connectivity index (χ3n) is 2.76. The summed E-state index contributed by atoms with van der Waals surface area (Å²) in [5.41, 5.74) is 7.42. The Bertz CT molecular complexity index is 420. The first-order valence-electron chi connectivity index (χ1n) is 5.07. The summed E-state index contributed by atoms with van der Waals surface area (Å²) < 4.78 is 4.70. The number of carbonyl (C=O) groups excluding carboxylic acids is 1. The van der Waals surface area contributed by atoms with E-state index in [2.05, 4.69) is 0 Å². The maximum Gasteiger partial charge on any atom is 0.414 e. The molecule has 5 heteroatoms. The van der Waals surface area contributed by atoms with Gasteiger partial charge in [0.1, 0.15) is 5.75 Å². The van der Waals surface area contributed by atoms with E-state index < -0.39 is 6.09 Å². The predicted molar refractivity (Wildman–Crippen MR) is 59.4 cm³/mol. The molecule has 5 nitrogen and oxygen atoms in total. The van der Waals surface area contributed by atoms with E-state index >= 15 is 0 Å². The van der Waals surface area contributed by atoms with E-state index in [1.54, 1.807) is 12.1 Å². The summed E-state index contributed by atoms with van der Waals surface area (Å²) in [6, 6.07) is 4.66. The van der Waals surface area contributed by atoms with Gasteiger partial charge in [-0.3, -0.25) is 4.90 Å². The first kappa shape index (κ1) is 10.8. The van der Waals surface area contributed by atoms with Gasteiger partial charge in [0.2, 0.25) is 0 Å². The zero-order valence-corrected chi connectivity index (χ0v) is 9.01. The second kappa shape index (κ2) is 4.02. The maximum atomic E-state index is 11.5. The van der Waals surface area contributed by atoms with Crippen molar-refractivity contribution in [3.8, 4) is 5.75 Å². The van der Waals surface area contributed by atoms with Gasteiger partial charge in [0.15, 0.2) is 0 Å². The first-order chi connectivity index (χ1) is 7.63. The highest BCUT2D eigenvalue weighted by atomic mass is 16.5. The van der Waals surface area contributed by atoms with Gasteiger partial charge in [-0.05, 0) is 30.2 Å². The third kappa shape index (κ3) is 1.69. The summed E-state index contributed by atoms with van der Waals surface area (Å²) in [7, 11) is 1.34. The van der Waals surface area contributed by atoms with Crippen LogP contribution in [-0.2, 0) is 4.74 Å². The Morgan fingerprint density at radius 1 is 1.62 bits per heavy atom. The Kier molecular flexibility index (Phi) is 2.70. The molecule has 0 saturated heterocycles. The van der Waals surface area contributed by atoms with Crippen LogP contribution in [0, 0.1) is 0 Å². The lowest BCUT2D eigenvalue weighted by molar-refractivity contribution is 0.178. The second-order valence-electron chi connectivity index (χ2n) is 3.76. The molecule has 1 aromatic carbocycles. The zero-order chi connectivity index (χ0) is 11.7. The molecule has 0 spiro atoms. The Morgan fingerprint density at radius 3 is 3.06 bits per heavy atom. The number of anilines is 1. The molecule has 2 rings (SSSR count). The van der Waals surface area contributed by atoms with Gasteiger partial charge in [0.25, 0.3) is 0 Å². The molecule has 1 aromatic rings. The first-order valence-corrected chi connectivity index (χ1v) is 5.07. The number of phenolic OH excluding ortho intramolecular Hbond substituents is 1. The molecule has 1 unspecified atom stereocenters. The number of carbonyl (C=O) groups is 1. The van der Waals surface area contributed by atoms with E-state index in [0.717, 1.165) is 5.56 Å². The monoisotopic (exact) mass is 222 g/mol. The minimum atomic E-state index is -0.404. The molecule has 0 saturated carbocycles. The molecule has 0 radical (unpaired) electrons.